The van der Waals surface area contributed by atoms with Gasteiger partial charge in [-0.15, -0.1) is 23.5 Å². The summed E-state index contributed by atoms with van der Waals surface area (Å²) in [6, 6.07) is 9.52. The van der Waals surface area contributed by atoms with E-state index < -0.39 is 16.0 Å². The average Bonchev–Trinajstić information content (AvgIpc) is 2.52. The van der Waals surface area contributed by atoms with Crippen molar-refractivity contribution in [2.75, 3.05) is 19.1 Å². The number of fused-ring (bicyclic) bond motifs is 1. The second-order valence-electron chi connectivity index (χ2n) is 5.30. The molecule has 0 aliphatic carbocycles. The van der Waals surface area contributed by atoms with E-state index in [1.54, 1.807) is 30.6 Å². The Labute approximate surface area is 133 Å². The number of para-hydroxylation sites is 1. The fourth-order valence-corrected chi connectivity index (χ4v) is 5.93. The molecule has 0 radical (unpaired) electrons. The molecule has 0 N–H and O–H groups in total. The van der Waals surface area contributed by atoms with Gasteiger partial charge in [-0.05, 0) is 25.3 Å². The van der Waals surface area contributed by atoms with Crippen LogP contribution in [0.25, 0.3) is 0 Å². The molecule has 2 aliphatic heterocycles. The van der Waals surface area contributed by atoms with Crippen molar-refractivity contribution in [3.05, 3.63) is 30.3 Å². The van der Waals surface area contributed by atoms with Crippen LogP contribution < -0.4 is 4.74 Å². The summed E-state index contributed by atoms with van der Waals surface area (Å²) in [6.07, 6.45) is 2.39. The van der Waals surface area contributed by atoms with Gasteiger partial charge in [-0.3, -0.25) is 9.69 Å². The van der Waals surface area contributed by atoms with Crippen molar-refractivity contribution in [3.63, 3.8) is 0 Å². The molecule has 2 heterocycles. The predicted octanol–water partition coefficient (Wildman–Crippen LogP) is 2.79. The average molecular weight is 325 g/mol. The topological polar surface area (TPSA) is 38.8 Å². The summed E-state index contributed by atoms with van der Waals surface area (Å²) >= 11 is 3.43. The van der Waals surface area contributed by atoms with E-state index in [2.05, 4.69) is 0 Å². The highest BCUT2D eigenvalue weighted by molar-refractivity contribution is 8.18. The first-order chi connectivity index (χ1) is 10.1. The van der Waals surface area contributed by atoms with Crippen molar-refractivity contribution in [2.24, 2.45) is 0 Å². The van der Waals surface area contributed by atoms with E-state index in [4.69, 9.17) is 9.47 Å². The van der Waals surface area contributed by atoms with Gasteiger partial charge in [0, 0.05) is 19.3 Å². The van der Waals surface area contributed by atoms with Gasteiger partial charge in [-0.1, -0.05) is 18.2 Å². The van der Waals surface area contributed by atoms with Crippen LogP contribution in [0.15, 0.2) is 30.3 Å². The number of methoxy groups -OCH3 is 1. The van der Waals surface area contributed by atoms with Crippen LogP contribution >= 0.6 is 23.5 Å². The predicted molar refractivity (Wildman–Crippen MR) is 86.4 cm³/mol. The normalized spacial score (nSPS) is 35.1. The van der Waals surface area contributed by atoms with Crippen LogP contribution in [0.1, 0.15) is 13.3 Å². The first kappa shape index (κ1) is 15.1. The van der Waals surface area contributed by atoms with Gasteiger partial charge in [0.25, 0.3) is 5.91 Å². The van der Waals surface area contributed by atoms with Crippen LogP contribution in [-0.4, -0.2) is 46.0 Å². The lowest BCUT2D eigenvalue weighted by Crippen LogP contribution is -2.80. The molecule has 114 valence electrons. The van der Waals surface area contributed by atoms with Crippen molar-refractivity contribution >= 4 is 29.4 Å². The summed E-state index contributed by atoms with van der Waals surface area (Å²) in [5, 5.41) is 0. The molecule has 0 bridgehead atoms. The van der Waals surface area contributed by atoms with Crippen molar-refractivity contribution in [2.45, 2.75) is 29.4 Å². The molecule has 3 atom stereocenters. The molecule has 1 amide bonds. The molecule has 3 rings (SSSR count). The third kappa shape index (κ3) is 2.15. The van der Waals surface area contributed by atoms with Gasteiger partial charge in [0.05, 0.1) is 0 Å². The van der Waals surface area contributed by atoms with Gasteiger partial charge >= 0.3 is 0 Å². The number of β-lactam (4-membered cyclic amide) rings is 1. The summed E-state index contributed by atoms with van der Waals surface area (Å²) in [5.74, 6) is 1.68. The lowest BCUT2D eigenvalue weighted by molar-refractivity contribution is -0.209. The second kappa shape index (κ2) is 5.41. The van der Waals surface area contributed by atoms with E-state index in [1.807, 2.05) is 48.4 Å². The van der Waals surface area contributed by atoms with Crippen LogP contribution in [-0.2, 0) is 9.53 Å². The van der Waals surface area contributed by atoms with Crippen LogP contribution in [0.3, 0.4) is 0 Å². The summed E-state index contributed by atoms with van der Waals surface area (Å²) < 4.78 is 11.2. The molecule has 0 saturated carbocycles. The Bertz CT molecular complexity index is 541. The minimum Gasteiger partial charge on any atom is -0.476 e. The number of thioether (sulfide) groups is 2. The number of hydrogen-bond acceptors (Lipinski definition) is 5. The van der Waals surface area contributed by atoms with E-state index in [1.165, 1.54) is 0 Å². The first-order valence-electron chi connectivity index (χ1n) is 6.87. The van der Waals surface area contributed by atoms with E-state index in [9.17, 15) is 4.79 Å². The van der Waals surface area contributed by atoms with Crippen LogP contribution in [0.4, 0.5) is 0 Å². The smallest absolute Gasteiger partial charge is 0.272 e. The van der Waals surface area contributed by atoms with Gasteiger partial charge in [-0.2, -0.15) is 0 Å². The summed E-state index contributed by atoms with van der Waals surface area (Å²) in [5.41, 5.74) is -0.540. The Morgan fingerprint density at radius 3 is 2.71 bits per heavy atom. The maximum absolute atomic E-state index is 12.6. The fraction of sp³-hybridized carbons (Fsp3) is 0.533. The highest BCUT2D eigenvalue weighted by Gasteiger charge is 2.69. The number of nitrogens with zero attached hydrogens (tertiary/aromatic N) is 1. The zero-order chi connectivity index (χ0) is 15.1. The number of carbonyl (C=O) groups excluding carboxylic acids is 1. The number of carbonyl (C=O) groups is 1. The highest BCUT2D eigenvalue weighted by atomic mass is 32.2. The minimum atomic E-state index is -0.540. The Balaban J connectivity index is 1.89. The molecule has 1 aromatic carbocycles. The molecule has 2 saturated heterocycles. The van der Waals surface area contributed by atoms with Gasteiger partial charge in [0.2, 0.25) is 6.10 Å². The monoisotopic (exact) mass is 325 g/mol. The second-order valence-corrected chi connectivity index (χ2v) is 7.91. The van der Waals surface area contributed by atoms with Gasteiger partial charge in [0.15, 0.2) is 4.20 Å². The summed E-state index contributed by atoms with van der Waals surface area (Å²) in [7, 11) is 1.67. The lowest BCUT2D eigenvalue weighted by atomic mass is 10.0. The highest BCUT2D eigenvalue weighted by Crippen LogP contribution is 2.58. The van der Waals surface area contributed by atoms with Crippen LogP contribution in [0.2, 0.25) is 0 Å². The minimum absolute atomic E-state index is 0.00440. The molecule has 0 spiro atoms. The molecule has 1 aromatic rings. The standard InChI is InChI=1S/C15H19NO3S2/c1-14(18-2)9-10-21-15(20-3)12(13(17)16(14)15)19-11-7-5-4-6-8-11/h4-8,12H,9-10H2,1-3H3. The van der Waals surface area contributed by atoms with E-state index in [0.29, 0.717) is 0 Å². The summed E-state index contributed by atoms with van der Waals surface area (Å²) in [6.45, 7) is 1.98. The molecular formula is C15H19NO3S2. The molecule has 6 heteroatoms. The maximum Gasteiger partial charge on any atom is 0.272 e. The number of benzene rings is 1. The van der Waals surface area contributed by atoms with E-state index in [0.717, 1.165) is 17.9 Å². The summed E-state index contributed by atoms with van der Waals surface area (Å²) in [4.78, 5) is 14.5. The van der Waals surface area contributed by atoms with E-state index in [-0.39, 0.29) is 5.91 Å². The van der Waals surface area contributed by atoms with Crippen molar-refractivity contribution in [1.29, 1.82) is 0 Å². The Kier molecular flexibility index (Phi) is 3.88. The van der Waals surface area contributed by atoms with Crippen LogP contribution in [0, 0.1) is 0 Å². The van der Waals surface area contributed by atoms with Gasteiger partial charge in [-0.25, -0.2) is 0 Å². The molecule has 2 fully saturated rings. The molecular weight excluding hydrogens is 306 g/mol. The zero-order valence-electron chi connectivity index (χ0n) is 12.4. The first-order valence-corrected chi connectivity index (χ1v) is 9.08. The lowest BCUT2D eigenvalue weighted by Gasteiger charge is -2.63. The van der Waals surface area contributed by atoms with Crippen LogP contribution in [0.5, 0.6) is 5.75 Å². The fourth-order valence-electron chi connectivity index (χ4n) is 2.89. The Hall–Kier alpha value is -0.850. The number of ether oxygens (including phenoxy) is 2. The Morgan fingerprint density at radius 2 is 2.10 bits per heavy atom. The van der Waals surface area contributed by atoms with Gasteiger partial charge < -0.3 is 9.47 Å². The quantitative estimate of drug-likeness (QED) is 0.796. The third-order valence-electron chi connectivity index (χ3n) is 4.16. The third-order valence-corrected chi connectivity index (χ3v) is 7.22. The number of rotatable bonds is 4. The zero-order valence-corrected chi connectivity index (χ0v) is 14.0. The Morgan fingerprint density at radius 1 is 1.38 bits per heavy atom. The van der Waals surface area contributed by atoms with Crippen molar-refractivity contribution in [1.82, 2.24) is 4.90 Å². The molecule has 2 aliphatic rings. The molecule has 0 aromatic heterocycles. The maximum atomic E-state index is 12.6. The molecule has 21 heavy (non-hydrogen) atoms. The van der Waals surface area contributed by atoms with Crippen molar-refractivity contribution in [3.8, 4) is 5.75 Å². The SMILES string of the molecule is COC1(C)CCSC2(SC)C(Oc3ccccc3)C(=O)N12. The van der Waals surface area contributed by atoms with E-state index >= 15 is 0 Å². The van der Waals surface area contributed by atoms with Crippen molar-refractivity contribution < 1.29 is 14.3 Å². The van der Waals surface area contributed by atoms with Gasteiger partial charge in [0.1, 0.15) is 11.5 Å². The number of amides is 1. The number of hydrogen-bond donors (Lipinski definition) is 0. The largest absolute Gasteiger partial charge is 0.476 e. The molecule has 3 unspecified atom stereocenters. The molecule has 4 nitrogen and oxygen atoms in total.